The molecule has 1 aromatic rings. The molecule has 1 heterocycles. The van der Waals surface area contributed by atoms with Gasteiger partial charge in [-0.05, 0) is 70.4 Å². The molecule has 1 aliphatic heterocycles. The SMILES string of the molecule is O=C1[C@@H]2[C@H]3C=C[C@@H]([C@@H]4C[C@@H]34)[C@H]2C(=O)N1N=Cc1ccc(I)cc1. The quantitative estimate of drug-likeness (QED) is 0.321. The zero-order valence-electron chi connectivity index (χ0n) is 12.3. The fraction of sp³-hybridized carbons (Fsp3) is 0.389. The summed E-state index contributed by atoms with van der Waals surface area (Å²) in [6.07, 6.45) is 7.15. The van der Waals surface area contributed by atoms with E-state index in [1.165, 1.54) is 6.42 Å². The number of allylic oxidation sites excluding steroid dienone is 2. The van der Waals surface area contributed by atoms with Crippen molar-refractivity contribution in [3.8, 4) is 0 Å². The lowest BCUT2D eigenvalue weighted by Crippen LogP contribution is -2.40. The molecule has 3 fully saturated rings. The molecular formula is C18H15IN2O2. The summed E-state index contributed by atoms with van der Waals surface area (Å²) in [5.74, 6) is 1.21. The average Bonchev–Trinajstić information content (AvgIpc) is 3.33. The Labute approximate surface area is 147 Å². The van der Waals surface area contributed by atoms with E-state index in [4.69, 9.17) is 0 Å². The van der Waals surface area contributed by atoms with Crippen LogP contribution in [0, 0.1) is 39.1 Å². The van der Waals surface area contributed by atoms with E-state index < -0.39 is 0 Å². The van der Waals surface area contributed by atoms with Gasteiger partial charge in [-0.3, -0.25) is 9.59 Å². The molecule has 0 radical (unpaired) electrons. The minimum atomic E-state index is -0.171. The summed E-state index contributed by atoms with van der Waals surface area (Å²) in [6, 6.07) is 7.83. The Hall–Kier alpha value is -1.50. The minimum absolute atomic E-state index is 0.105. The minimum Gasteiger partial charge on any atom is -0.272 e. The van der Waals surface area contributed by atoms with Gasteiger partial charge in [0.15, 0.2) is 0 Å². The highest BCUT2D eigenvalue weighted by Crippen LogP contribution is 2.65. The Kier molecular flexibility index (Phi) is 2.87. The van der Waals surface area contributed by atoms with Gasteiger partial charge in [-0.25, -0.2) is 0 Å². The third-order valence-corrected chi connectivity index (χ3v) is 6.55. The second-order valence-corrected chi connectivity index (χ2v) is 8.18. The van der Waals surface area contributed by atoms with Crippen molar-refractivity contribution in [1.29, 1.82) is 0 Å². The maximum Gasteiger partial charge on any atom is 0.254 e. The van der Waals surface area contributed by atoms with Crippen LogP contribution in [0.25, 0.3) is 0 Å². The molecule has 6 rings (SSSR count). The van der Waals surface area contributed by atoms with Crippen LogP contribution in [0.3, 0.4) is 0 Å². The zero-order valence-corrected chi connectivity index (χ0v) is 14.5. The van der Waals surface area contributed by atoms with Crippen LogP contribution < -0.4 is 0 Å². The van der Waals surface area contributed by atoms with Crippen LogP contribution in [0.5, 0.6) is 0 Å². The number of carbonyl (C=O) groups is 2. The van der Waals surface area contributed by atoms with Crippen LogP contribution >= 0.6 is 22.6 Å². The average molecular weight is 418 g/mol. The number of halogens is 1. The van der Waals surface area contributed by atoms with E-state index in [0.717, 1.165) is 14.1 Å². The van der Waals surface area contributed by atoms with Crippen LogP contribution in [-0.2, 0) is 9.59 Å². The molecule has 2 saturated carbocycles. The van der Waals surface area contributed by atoms with Gasteiger partial charge >= 0.3 is 0 Å². The molecule has 1 saturated heterocycles. The smallest absolute Gasteiger partial charge is 0.254 e. The van der Waals surface area contributed by atoms with Gasteiger partial charge in [-0.1, -0.05) is 24.3 Å². The molecule has 4 nitrogen and oxygen atoms in total. The standard InChI is InChI=1S/C18H15IN2O2/c19-10-3-1-9(2-4-10)8-20-21-17(22)15-11-5-6-12(14-7-13(11)14)16(15)18(21)23/h1-6,8,11-16H,7H2/t11-,12-,13-,14-,15+,16+/m0/s1. The van der Waals surface area contributed by atoms with Crippen LogP contribution in [-0.4, -0.2) is 23.0 Å². The van der Waals surface area contributed by atoms with Gasteiger partial charge in [0.05, 0.1) is 18.1 Å². The Balaban J connectivity index is 1.44. The molecule has 2 bridgehead atoms. The molecule has 1 aromatic carbocycles. The summed E-state index contributed by atoms with van der Waals surface area (Å²) in [5.41, 5.74) is 0.893. The lowest BCUT2D eigenvalue weighted by atomic mass is 9.63. The maximum absolute atomic E-state index is 12.7. The number of hydrogen-bond donors (Lipinski definition) is 0. The molecular weight excluding hydrogens is 403 g/mol. The summed E-state index contributed by atoms with van der Waals surface area (Å²) in [4.78, 5) is 25.5. The van der Waals surface area contributed by atoms with Gasteiger partial charge in [0.1, 0.15) is 0 Å². The van der Waals surface area contributed by atoms with Gasteiger partial charge < -0.3 is 0 Å². The van der Waals surface area contributed by atoms with Crippen LogP contribution in [0.15, 0.2) is 41.5 Å². The summed E-state index contributed by atoms with van der Waals surface area (Å²) < 4.78 is 1.14. The van der Waals surface area contributed by atoms with Crippen molar-refractivity contribution < 1.29 is 9.59 Å². The molecule has 2 amide bonds. The number of hydrogen-bond acceptors (Lipinski definition) is 3. The van der Waals surface area contributed by atoms with E-state index in [0.29, 0.717) is 11.8 Å². The van der Waals surface area contributed by atoms with Crippen molar-refractivity contribution in [1.82, 2.24) is 5.01 Å². The summed E-state index contributed by atoms with van der Waals surface area (Å²) in [6.45, 7) is 0. The Morgan fingerprint density at radius 1 is 1.00 bits per heavy atom. The number of imide groups is 1. The second kappa shape index (κ2) is 4.75. The molecule has 116 valence electrons. The Morgan fingerprint density at radius 2 is 1.57 bits per heavy atom. The fourth-order valence-electron chi connectivity index (χ4n) is 4.73. The predicted octanol–water partition coefficient (Wildman–Crippen LogP) is 2.68. The first-order valence-electron chi connectivity index (χ1n) is 8.01. The molecule has 5 heteroatoms. The Morgan fingerprint density at radius 3 is 2.13 bits per heavy atom. The normalized spacial score (nSPS) is 40.0. The van der Waals surface area contributed by atoms with Crippen molar-refractivity contribution in [2.45, 2.75) is 6.42 Å². The first-order valence-corrected chi connectivity index (χ1v) is 9.09. The molecule has 23 heavy (non-hydrogen) atoms. The predicted molar refractivity (Wildman–Crippen MR) is 93.3 cm³/mol. The van der Waals surface area contributed by atoms with Crippen LogP contribution in [0.1, 0.15) is 12.0 Å². The highest BCUT2D eigenvalue weighted by Gasteiger charge is 2.67. The molecule has 5 aliphatic rings. The molecule has 0 spiro atoms. The molecule has 0 unspecified atom stereocenters. The Bertz CT molecular complexity index is 734. The van der Waals surface area contributed by atoms with Gasteiger partial charge in [0.25, 0.3) is 11.8 Å². The largest absolute Gasteiger partial charge is 0.272 e. The summed E-state index contributed by atoms with van der Waals surface area (Å²) in [5, 5.41) is 5.35. The molecule has 0 aromatic heterocycles. The van der Waals surface area contributed by atoms with Gasteiger partial charge in [-0.2, -0.15) is 10.1 Å². The second-order valence-electron chi connectivity index (χ2n) is 6.94. The van der Waals surface area contributed by atoms with Gasteiger partial charge in [0.2, 0.25) is 0 Å². The van der Waals surface area contributed by atoms with Crippen molar-refractivity contribution >= 4 is 40.6 Å². The number of hydrazone groups is 1. The highest BCUT2D eigenvalue weighted by atomic mass is 127. The van der Waals surface area contributed by atoms with Crippen molar-refractivity contribution in [2.24, 2.45) is 40.6 Å². The highest BCUT2D eigenvalue weighted by molar-refractivity contribution is 14.1. The number of nitrogens with zero attached hydrogens (tertiary/aromatic N) is 2. The third-order valence-electron chi connectivity index (χ3n) is 5.83. The third kappa shape index (κ3) is 1.92. The number of amides is 2. The van der Waals surface area contributed by atoms with Crippen molar-refractivity contribution in [3.05, 3.63) is 45.6 Å². The monoisotopic (exact) mass is 418 g/mol. The summed E-state index contributed by atoms with van der Waals surface area (Å²) >= 11 is 2.24. The van der Waals surface area contributed by atoms with Crippen molar-refractivity contribution in [2.75, 3.05) is 0 Å². The van der Waals surface area contributed by atoms with E-state index in [9.17, 15) is 9.59 Å². The molecule has 0 N–H and O–H groups in total. The van der Waals surface area contributed by atoms with Crippen molar-refractivity contribution in [3.63, 3.8) is 0 Å². The van der Waals surface area contributed by atoms with Crippen LogP contribution in [0.4, 0.5) is 0 Å². The van der Waals surface area contributed by atoms with E-state index in [-0.39, 0.29) is 35.5 Å². The van der Waals surface area contributed by atoms with E-state index in [2.05, 4.69) is 39.8 Å². The first kappa shape index (κ1) is 13.9. The fourth-order valence-corrected chi connectivity index (χ4v) is 5.09. The number of benzene rings is 1. The maximum atomic E-state index is 12.7. The lowest BCUT2D eigenvalue weighted by Gasteiger charge is -2.37. The number of carbonyl (C=O) groups excluding carboxylic acids is 2. The van der Waals surface area contributed by atoms with E-state index in [1.54, 1.807) is 6.21 Å². The van der Waals surface area contributed by atoms with Crippen LogP contribution in [0.2, 0.25) is 0 Å². The zero-order chi connectivity index (χ0) is 15.7. The van der Waals surface area contributed by atoms with Gasteiger partial charge in [-0.15, -0.1) is 0 Å². The van der Waals surface area contributed by atoms with E-state index >= 15 is 0 Å². The first-order chi connectivity index (χ1) is 11.1. The lowest BCUT2D eigenvalue weighted by molar-refractivity contribution is -0.140. The van der Waals surface area contributed by atoms with E-state index in [1.807, 2.05) is 24.3 Å². The summed E-state index contributed by atoms with van der Waals surface area (Å²) in [7, 11) is 0. The topological polar surface area (TPSA) is 49.7 Å². The number of rotatable bonds is 2. The molecule has 6 atom stereocenters. The van der Waals surface area contributed by atoms with Gasteiger partial charge in [0, 0.05) is 3.57 Å². The molecule has 4 aliphatic carbocycles.